The second-order valence-corrected chi connectivity index (χ2v) is 2.72. The van der Waals surface area contributed by atoms with Crippen LogP contribution in [0.5, 0.6) is 5.75 Å². The highest BCUT2D eigenvalue weighted by molar-refractivity contribution is 5.72. The van der Waals surface area contributed by atoms with Crippen molar-refractivity contribution in [1.29, 1.82) is 0 Å². The summed E-state index contributed by atoms with van der Waals surface area (Å²) in [6.45, 7) is 1.93. The molecular weight excluding hydrogens is 164 g/mol. The number of nitrogen functional groups attached to an aromatic ring is 2. The van der Waals surface area contributed by atoms with Crippen molar-refractivity contribution < 1.29 is 4.74 Å². The molecule has 0 aliphatic rings. The summed E-state index contributed by atoms with van der Waals surface area (Å²) < 4.78 is 5.03. The summed E-state index contributed by atoms with van der Waals surface area (Å²) in [6.07, 6.45) is 3.82. The number of rotatable bonds is 2. The zero-order valence-electron chi connectivity index (χ0n) is 7.87. The Morgan fingerprint density at radius 1 is 1.23 bits per heavy atom. The van der Waals surface area contributed by atoms with Crippen molar-refractivity contribution >= 4 is 17.5 Å². The summed E-state index contributed by atoms with van der Waals surface area (Å²) in [7, 11) is 1.57. The van der Waals surface area contributed by atoms with Gasteiger partial charge in [-0.25, -0.2) is 0 Å². The number of hydrogen-bond acceptors (Lipinski definition) is 3. The Labute approximate surface area is 78.0 Å². The number of methoxy groups -OCH3 is 1. The molecule has 0 bridgehead atoms. The van der Waals surface area contributed by atoms with Crippen LogP contribution in [-0.4, -0.2) is 7.11 Å². The molecule has 1 rings (SSSR count). The predicted molar refractivity (Wildman–Crippen MR) is 56.5 cm³/mol. The molecule has 0 aromatic heterocycles. The highest BCUT2D eigenvalue weighted by Crippen LogP contribution is 2.27. The normalized spacial score (nSPS) is 10.6. The van der Waals surface area contributed by atoms with Crippen molar-refractivity contribution in [3.8, 4) is 5.75 Å². The highest BCUT2D eigenvalue weighted by Gasteiger charge is 2.02. The molecule has 3 nitrogen and oxygen atoms in total. The number of allylic oxidation sites excluding steroid dienone is 1. The van der Waals surface area contributed by atoms with Crippen LogP contribution < -0.4 is 16.2 Å². The van der Waals surface area contributed by atoms with E-state index in [0.29, 0.717) is 17.1 Å². The lowest BCUT2D eigenvalue weighted by atomic mass is 10.1. The maximum atomic E-state index is 5.77. The van der Waals surface area contributed by atoms with E-state index in [1.807, 2.05) is 19.1 Å². The summed E-state index contributed by atoms with van der Waals surface area (Å²) in [5.74, 6) is 0.616. The Bertz CT molecular complexity index is 332. The lowest BCUT2D eigenvalue weighted by Crippen LogP contribution is -1.96. The number of benzene rings is 1. The Hall–Kier alpha value is -1.64. The van der Waals surface area contributed by atoms with Crippen molar-refractivity contribution in [2.24, 2.45) is 0 Å². The molecule has 0 radical (unpaired) electrons. The van der Waals surface area contributed by atoms with E-state index in [0.717, 1.165) is 5.56 Å². The van der Waals surface area contributed by atoms with Crippen LogP contribution in [-0.2, 0) is 0 Å². The van der Waals surface area contributed by atoms with Gasteiger partial charge in [-0.15, -0.1) is 0 Å². The molecule has 0 heterocycles. The molecule has 0 amide bonds. The van der Waals surface area contributed by atoms with E-state index >= 15 is 0 Å². The molecule has 0 saturated carbocycles. The van der Waals surface area contributed by atoms with Gasteiger partial charge in [-0.2, -0.15) is 0 Å². The molecule has 0 aliphatic heterocycles. The number of anilines is 2. The number of ether oxygens (including phenoxy) is 1. The fourth-order valence-electron chi connectivity index (χ4n) is 1.13. The molecule has 0 aliphatic carbocycles. The summed E-state index contributed by atoms with van der Waals surface area (Å²) in [5, 5.41) is 0. The van der Waals surface area contributed by atoms with Gasteiger partial charge in [-0.05, 0) is 18.6 Å². The molecule has 0 atom stereocenters. The quantitative estimate of drug-likeness (QED) is 0.680. The van der Waals surface area contributed by atoms with Crippen molar-refractivity contribution in [2.75, 3.05) is 18.6 Å². The second-order valence-electron chi connectivity index (χ2n) is 2.72. The molecular formula is C10H14N2O. The third-order valence-electron chi connectivity index (χ3n) is 1.78. The minimum Gasteiger partial charge on any atom is -0.495 e. The van der Waals surface area contributed by atoms with Crippen LogP contribution in [0.25, 0.3) is 6.08 Å². The number of hydrogen-bond donors (Lipinski definition) is 2. The Morgan fingerprint density at radius 2 is 1.92 bits per heavy atom. The van der Waals surface area contributed by atoms with Crippen molar-refractivity contribution in [2.45, 2.75) is 6.92 Å². The van der Waals surface area contributed by atoms with Gasteiger partial charge < -0.3 is 16.2 Å². The molecule has 0 spiro atoms. The lowest BCUT2D eigenvalue weighted by Gasteiger charge is -2.07. The maximum absolute atomic E-state index is 5.77. The molecule has 0 saturated heterocycles. The van der Waals surface area contributed by atoms with Gasteiger partial charge >= 0.3 is 0 Å². The maximum Gasteiger partial charge on any atom is 0.143 e. The largest absolute Gasteiger partial charge is 0.495 e. The predicted octanol–water partition coefficient (Wildman–Crippen LogP) is 1.89. The summed E-state index contributed by atoms with van der Waals surface area (Å²) in [6, 6.07) is 3.53. The smallest absolute Gasteiger partial charge is 0.143 e. The molecule has 3 heteroatoms. The van der Waals surface area contributed by atoms with Gasteiger partial charge in [0.05, 0.1) is 12.8 Å². The molecule has 1 aromatic carbocycles. The second kappa shape index (κ2) is 3.85. The van der Waals surface area contributed by atoms with Gasteiger partial charge in [0, 0.05) is 11.8 Å². The summed E-state index contributed by atoms with van der Waals surface area (Å²) in [5.41, 5.74) is 13.7. The Kier molecular flexibility index (Phi) is 2.80. The van der Waals surface area contributed by atoms with E-state index in [-0.39, 0.29) is 0 Å². The van der Waals surface area contributed by atoms with E-state index in [1.165, 1.54) is 0 Å². The average molecular weight is 178 g/mol. The summed E-state index contributed by atoms with van der Waals surface area (Å²) >= 11 is 0. The van der Waals surface area contributed by atoms with Gasteiger partial charge in [0.2, 0.25) is 0 Å². The zero-order valence-corrected chi connectivity index (χ0v) is 7.87. The third-order valence-corrected chi connectivity index (χ3v) is 1.78. The van der Waals surface area contributed by atoms with Gasteiger partial charge in [0.25, 0.3) is 0 Å². The zero-order chi connectivity index (χ0) is 9.84. The third kappa shape index (κ3) is 1.93. The number of nitrogens with two attached hydrogens (primary N) is 2. The molecule has 70 valence electrons. The molecule has 0 fully saturated rings. The van der Waals surface area contributed by atoms with Gasteiger partial charge in [0.15, 0.2) is 0 Å². The van der Waals surface area contributed by atoms with E-state index in [9.17, 15) is 0 Å². The van der Waals surface area contributed by atoms with Gasteiger partial charge in [0.1, 0.15) is 5.75 Å². The van der Waals surface area contributed by atoms with Gasteiger partial charge in [-0.1, -0.05) is 12.2 Å². The highest BCUT2D eigenvalue weighted by atomic mass is 16.5. The molecule has 4 N–H and O–H groups in total. The van der Waals surface area contributed by atoms with Crippen LogP contribution in [0.1, 0.15) is 12.5 Å². The van der Waals surface area contributed by atoms with E-state index in [1.54, 1.807) is 19.2 Å². The molecule has 13 heavy (non-hydrogen) atoms. The monoisotopic (exact) mass is 178 g/mol. The first-order chi connectivity index (χ1) is 6.19. The first kappa shape index (κ1) is 9.45. The van der Waals surface area contributed by atoms with Crippen molar-refractivity contribution in [1.82, 2.24) is 0 Å². The van der Waals surface area contributed by atoms with Crippen LogP contribution in [0.4, 0.5) is 11.4 Å². The first-order valence-electron chi connectivity index (χ1n) is 4.04. The van der Waals surface area contributed by atoms with Crippen LogP contribution in [0, 0.1) is 0 Å². The van der Waals surface area contributed by atoms with E-state index in [4.69, 9.17) is 16.2 Å². The van der Waals surface area contributed by atoms with Crippen LogP contribution in [0.3, 0.4) is 0 Å². The standard InChI is InChI=1S/C10H14N2O/c1-3-4-7-5-9(12)10(13-2)6-8(7)11/h3-6H,11-12H2,1-2H3/b4-3+. The minimum atomic E-state index is 0.602. The van der Waals surface area contributed by atoms with Crippen molar-refractivity contribution in [3.63, 3.8) is 0 Å². The molecule has 0 unspecified atom stereocenters. The van der Waals surface area contributed by atoms with E-state index in [2.05, 4.69) is 0 Å². The lowest BCUT2D eigenvalue weighted by molar-refractivity contribution is 0.417. The van der Waals surface area contributed by atoms with Crippen LogP contribution >= 0.6 is 0 Å². The van der Waals surface area contributed by atoms with Crippen LogP contribution in [0.15, 0.2) is 18.2 Å². The first-order valence-corrected chi connectivity index (χ1v) is 4.04. The Balaban J connectivity index is 3.20. The average Bonchev–Trinajstić information content (AvgIpc) is 2.11. The Morgan fingerprint density at radius 3 is 2.46 bits per heavy atom. The van der Waals surface area contributed by atoms with E-state index < -0.39 is 0 Å². The minimum absolute atomic E-state index is 0.602. The van der Waals surface area contributed by atoms with Crippen molar-refractivity contribution in [3.05, 3.63) is 23.8 Å². The van der Waals surface area contributed by atoms with Gasteiger partial charge in [-0.3, -0.25) is 0 Å². The topological polar surface area (TPSA) is 61.3 Å². The molecule has 1 aromatic rings. The SMILES string of the molecule is C/C=C/c1cc(N)c(OC)cc1N. The summed E-state index contributed by atoms with van der Waals surface area (Å²) in [4.78, 5) is 0. The fraction of sp³-hybridized carbons (Fsp3) is 0.200. The van der Waals surface area contributed by atoms with Crippen LogP contribution in [0.2, 0.25) is 0 Å². The fourth-order valence-corrected chi connectivity index (χ4v) is 1.13.